The van der Waals surface area contributed by atoms with Crippen molar-refractivity contribution in [1.29, 1.82) is 0 Å². The van der Waals surface area contributed by atoms with Crippen LogP contribution in [-0.2, 0) is 6.54 Å². The standard InChI is InChI=1S/C19H25NO2/c1-2-6-19(17-7-4-3-5-8-17)20-15-16-9-11-18(12-10-16)22-14-13-21/h3-5,7-12,19-21H,2,6,13-15H2,1H3. The summed E-state index contributed by atoms with van der Waals surface area (Å²) in [6, 6.07) is 19.0. The molecule has 0 saturated heterocycles. The monoisotopic (exact) mass is 299 g/mol. The van der Waals surface area contributed by atoms with E-state index >= 15 is 0 Å². The molecule has 0 radical (unpaired) electrons. The van der Waals surface area contributed by atoms with Gasteiger partial charge in [-0.25, -0.2) is 0 Å². The summed E-state index contributed by atoms with van der Waals surface area (Å²) in [4.78, 5) is 0. The van der Waals surface area contributed by atoms with Crippen LogP contribution < -0.4 is 10.1 Å². The molecule has 2 aromatic rings. The number of hydrogen-bond donors (Lipinski definition) is 2. The number of benzene rings is 2. The van der Waals surface area contributed by atoms with Crippen LogP contribution in [0.3, 0.4) is 0 Å². The van der Waals surface area contributed by atoms with E-state index in [9.17, 15) is 0 Å². The van der Waals surface area contributed by atoms with Gasteiger partial charge in [-0.05, 0) is 29.7 Å². The molecule has 2 N–H and O–H groups in total. The van der Waals surface area contributed by atoms with Gasteiger partial charge in [-0.1, -0.05) is 55.8 Å². The Hall–Kier alpha value is -1.84. The van der Waals surface area contributed by atoms with Crippen LogP contribution in [0.4, 0.5) is 0 Å². The van der Waals surface area contributed by atoms with Gasteiger partial charge in [0.2, 0.25) is 0 Å². The largest absolute Gasteiger partial charge is 0.491 e. The van der Waals surface area contributed by atoms with Gasteiger partial charge in [0, 0.05) is 12.6 Å². The minimum atomic E-state index is 0.0408. The van der Waals surface area contributed by atoms with Crippen LogP contribution in [0.15, 0.2) is 54.6 Å². The Labute approximate surface area is 133 Å². The summed E-state index contributed by atoms with van der Waals surface area (Å²) in [6.07, 6.45) is 2.28. The van der Waals surface area contributed by atoms with Gasteiger partial charge in [-0.3, -0.25) is 0 Å². The highest BCUT2D eigenvalue weighted by Crippen LogP contribution is 2.19. The molecule has 3 nitrogen and oxygen atoms in total. The van der Waals surface area contributed by atoms with E-state index in [0.717, 1.165) is 25.1 Å². The molecular formula is C19H25NO2. The Kier molecular flexibility index (Phi) is 6.94. The lowest BCUT2D eigenvalue weighted by atomic mass is 10.0. The zero-order chi connectivity index (χ0) is 15.6. The summed E-state index contributed by atoms with van der Waals surface area (Å²) in [5.41, 5.74) is 2.57. The fraction of sp³-hybridized carbons (Fsp3) is 0.368. The third kappa shape index (κ3) is 5.17. The van der Waals surface area contributed by atoms with Gasteiger partial charge in [0.1, 0.15) is 12.4 Å². The van der Waals surface area contributed by atoms with Crippen molar-refractivity contribution in [2.24, 2.45) is 0 Å². The van der Waals surface area contributed by atoms with Crippen molar-refractivity contribution < 1.29 is 9.84 Å². The summed E-state index contributed by atoms with van der Waals surface area (Å²) in [7, 11) is 0. The van der Waals surface area contributed by atoms with E-state index in [4.69, 9.17) is 9.84 Å². The highest BCUT2D eigenvalue weighted by molar-refractivity contribution is 5.27. The van der Waals surface area contributed by atoms with Gasteiger partial charge in [-0.2, -0.15) is 0 Å². The molecule has 118 valence electrons. The molecule has 0 amide bonds. The summed E-state index contributed by atoms with van der Waals surface area (Å²) in [6.45, 7) is 3.42. The summed E-state index contributed by atoms with van der Waals surface area (Å²) in [5, 5.41) is 12.4. The Bertz CT molecular complexity index is 525. The first-order chi connectivity index (χ1) is 10.8. The van der Waals surface area contributed by atoms with Crippen molar-refractivity contribution in [3.63, 3.8) is 0 Å². The van der Waals surface area contributed by atoms with Gasteiger partial charge in [-0.15, -0.1) is 0 Å². The van der Waals surface area contributed by atoms with Crippen molar-refractivity contribution in [2.75, 3.05) is 13.2 Å². The second-order valence-electron chi connectivity index (χ2n) is 5.35. The zero-order valence-corrected chi connectivity index (χ0v) is 13.2. The number of aliphatic hydroxyl groups excluding tert-OH is 1. The molecule has 3 heteroatoms. The summed E-state index contributed by atoms with van der Waals surface area (Å²) < 4.78 is 5.37. The van der Waals surface area contributed by atoms with Crippen molar-refractivity contribution >= 4 is 0 Å². The Balaban J connectivity index is 1.92. The summed E-state index contributed by atoms with van der Waals surface area (Å²) in [5.74, 6) is 0.797. The highest BCUT2D eigenvalue weighted by Gasteiger charge is 2.09. The second kappa shape index (κ2) is 9.23. The van der Waals surface area contributed by atoms with Crippen molar-refractivity contribution in [3.05, 3.63) is 65.7 Å². The third-order valence-corrected chi connectivity index (χ3v) is 3.62. The first kappa shape index (κ1) is 16.5. The van der Waals surface area contributed by atoms with E-state index in [1.165, 1.54) is 11.1 Å². The molecule has 2 aromatic carbocycles. The van der Waals surface area contributed by atoms with Crippen LogP contribution in [0.2, 0.25) is 0 Å². The van der Waals surface area contributed by atoms with Crippen LogP contribution in [-0.4, -0.2) is 18.3 Å². The number of hydrogen-bond acceptors (Lipinski definition) is 3. The quantitative estimate of drug-likeness (QED) is 0.742. The minimum absolute atomic E-state index is 0.0408. The van der Waals surface area contributed by atoms with E-state index in [2.05, 4.69) is 54.7 Å². The molecule has 0 aromatic heterocycles. The molecule has 0 fully saturated rings. The summed E-state index contributed by atoms with van der Waals surface area (Å²) >= 11 is 0. The van der Waals surface area contributed by atoms with E-state index in [1.807, 2.05) is 12.1 Å². The van der Waals surface area contributed by atoms with E-state index in [1.54, 1.807) is 0 Å². The molecular weight excluding hydrogens is 274 g/mol. The highest BCUT2D eigenvalue weighted by atomic mass is 16.5. The molecule has 0 aliphatic rings. The van der Waals surface area contributed by atoms with Crippen molar-refractivity contribution in [2.45, 2.75) is 32.4 Å². The Morgan fingerprint density at radius 2 is 1.77 bits per heavy atom. The maximum absolute atomic E-state index is 8.75. The predicted octanol–water partition coefficient (Wildman–Crippen LogP) is 3.69. The Morgan fingerprint density at radius 3 is 2.41 bits per heavy atom. The van der Waals surface area contributed by atoms with Crippen LogP contribution in [0.5, 0.6) is 5.75 Å². The van der Waals surface area contributed by atoms with Crippen molar-refractivity contribution in [3.8, 4) is 5.75 Å². The molecule has 0 heterocycles. The van der Waals surface area contributed by atoms with Crippen LogP contribution >= 0.6 is 0 Å². The lowest BCUT2D eigenvalue weighted by Gasteiger charge is -2.19. The topological polar surface area (TPSA) is 41.5 Å². The molecule has 0 saturated carbocycles. The molecule has 0 bridgehead atoms. The maximum Gasteiger partial charge on any atom is 0.119 e. The molecule has 0 aliphatic carbocycles. The average molecular weight is 299 g/mol. The van der Waals surface area contributed by atoms with E-state index in [-0.39, 0.29) is 6.61 Å². The smallest absolute Gasteiger partial charge is 0.119 e. The van der Waals surface area contributed by atoms with Gasteiger partial charge in [0.25, 0.3) is 0 Å². The normalized spacial score (nSPS) is 12.1. The molecule has 22 heavy (non-hydrogen) atoms. The van der Waals surface area contributed by atoms with Crippen LogP contribution in [0, 0.1) is 0 Å². The lowest BCUT2D eigenvalue weighted by Crippen LogP contribution is -2.20. The number of nitrogens with one attached hydrogen (secondary N) is 1. The fourth-order valence-corrected chi connectivity index (χ4v) is 2.47. The molecule has 0 aliphatic heterocycles. The third-order valence-electron chi connectivity index (χ3n) is 3.62. The molecule has 1 atom stereocenters. The molecule has 2 rings (SSSR count). The van der Waals surface area contributed by atoms with Gasteiger partial charge in [0.05, 0.1) is 6.61 Å². The van der Waals surface area contributed by atoms with E-state index in [0.29, 0.717) is 12.6 Å². The first-order valence-corrected chi connectivity index (χ1v) is 7.94. The van der Waals surface area contributed by atoms with Gasteiger partial charge in [0.15, 0.2) is 0 Å². The zero-order valence-electron chi connectivity index (χ0n) is 13.2. The second-order valence-corrected chi connectivity index (χ2v) is 5.35. The SMILES string of the molecule is CCCC(NCc1ccc(OCCO)cc1)c1ccccc1. The van der Waals surface area contributed by atoms with Crippen LogP contribution in [0.1, 0.15) is 36.9 Å². The minimum Gasteiger partial charge on any atom is -0.491 e. The molecule has 1 unspecified atom stereocenters. The van der Waals surface area contributed by atoms with Gasteiger partial charge < -0.3 is 15.2 Å². The number of rotatable bonds is 9. The fourth-order valence-electron chi connectivity index (χ4n) is 2.47. The first-order valence-electron chi connectivity index (χ1n) is 7.94. The number of ether oxygens (including phenoxy) is 1. The predicted molar refractivity (Wildman–Crippen MR) is 90.0 cm³/mol. The van der Waals surface area contributed by atoms with Crippen LogP contribution in [0.25, 0.3) is 0 Å². The van der Waals surface area contributed by atoms with Gasteiger partial charge >= 0.3 is 0 Å². The lowest BCUT2D eigenvalue weighted by molar-refractivity contribution is 0.201. The average Bonchev–Trinajstić information content (AvgIpc) is 2.58. The van der Waals surface area contributed by atoms with Crippen molar-refractivity contribution in [1.82, 2.24) is 5.32 Å². The molecule has 0 spiro atoms. The maximum atomic E-state index is 8.75. The van der Waals surface area contributed by atoms with E-state index < -0.39 is 0 Å². The Morgan fingerprint density at radius 1 is 1.05 bits per heavy atom. The number of aliphatic hydroxyl groups is 1.